The van der Waals surface area contributed by atoms with E-state index in [1.165, 1.54) is 20.0 Å². The summed E-state index contributed by atoms with van der Waals surface area (Å²) in [6.07, 6.45) is 3.15. The van der Waals surface area contributed by atoms with Crippen LogP contribution in [0.2, 0.25) is 0 Å². The number of hydrogen-bond donors (Lipinski definition) is 1. The van der Waals surface area contributed by atoms with Crippen molar-refractivity contribution in [3.8, 4) is 0 Å². The summed E-state index contributed by atoms with van der Waals surface area (Å²) in [6.45, 7) is 2.18. The zero-order valence-electron chi connectivity index (χ0n) is 6.89. The maximum absolute atomic E-state index is 3.26. The van der Waals surface area contributed by atoms with Crippen LogP contribution in [0.4, 0.5) is 0 Å². The first-order valence-electron chi connectivity index (χ1n) is 4.07. The van der Waals surface area contributed by atoms with Crippen molar-refractivity contribution in [3.63, 3.8) is 0 Å². The van der Waals surface area contributed by atoms with Crippen LogP contribution in [-0.2, 0) is 6.42 Å². The van der Waals surface area contributed by atoms with E-state index in [0.29, 0.717) is 0 Å². The first kappa shape index (κ1) is 8.10. The van der Waals surface area contributed by atoms with E-state index in [1.54, 1.807) is 0 Å². The van der Waals surface area contributed by atoms with Crippen LogP contribution in [0.15, 0.2) is 24.4 Å². The van der Waals surface area contributed by atoms with Crippen LogP contribution in [0.25, 0.3) is 10.9 Å². The number of rotatable bonds is 1. The van der Waals surface area contributed by atoms with Crippen LogP contribution in [0.1, 0.15) is 12.5 Å². The Bertz CT molecular complexity index is 403. The molecule has 0 amide bonds. The molecule has 1 aromatic carbocycles. The minimum atomic E-state index is 1.10. The molecule has 0 aliphatic carbocycles. The number of fused-ring (bicyclic) bond motifs is 1. The number of aryl methyl sites for hydroxylation is 1. The number of H-pyrrole nitrogens is 1. The summed E-state index contributed by atoms with van der Waals surface area (Å²) in [4.78, 5) is 3.26. The summed E-state index contributed by atoms with van der Waals surface area (Å²) in [6, 6.07) is 6.60. The lowest BCUT2D eigenvalue weighted by molar-refractivity contribution is 1.14. The van der Waals surface area contributed by atoms with Crippen molar-refractivity contribution in [1.29, 1.82) is 0 Å². The molecule has 2 rings (SSSR count). The Morgan fingerprint density at radius 2 is 2.25 bits per heavy atom. The molecule has 2 aromatic rings. The number of halogens is 1. The largest absolute Gasteiger partial charge is 0.360 e. The molecule has 0 aliphatic rings. The van der Waals surface area contributed by atoms with Crippen LogP contribution in [0, 0.1) is 3.57 Å². The van der Waals surface area contributed by atoms with Gasteiger partial charge in [0, 0.05) is 20.7 Å². The van der Waals surface area contributed by atoms with Crippen LogP contribution >= 0.6 is 22.6 Å². The van der Waals surface area contributed by atoms with Gasteiger partial charge >= 0.3 is 0 Å². The number of aromatic amines is 1. The molecule has 0 atom stereocenters. The van der Waals surface area contributed by atoms with E-state index in [4.69, 9.17) is 0 Å². The van der Waals surface area contributed by atoms with Gasteiger partial charge in [-0.05, 0) is 40.6 Å². The summed E-state index contributed by atoms with van der Waals surface area (Å²) in [5.74, 6) is 0. The van der Waals surface area contributed by atoms with Crippen molar-refractivity contribution in [2.45, 2.75) is 13.3 Å². The molecule has 0 saturated carbocycles. The van der Waals surface area contributed by atoms with Gasteiger partial charge in [-0.3, -0.25) is 0 Å². The first-order chi connectivity index (χ1) is 5.81. The highest BCUT2D eigenvalue weighted by Gasteiger charge is 1.99. The van der Waals surface area contributed by atoms with E-state index in [1.807, 2.05) is 6.20 Å². The molecule has 0 aliphatic heterocycles. The molecule has 0 unspecified atom stereocenters. The Morgan fingerprint density at radius 1 is 1.42 bits per heavy atom. The van der Waals surface area contributed by atoms with Gasteiger partial charge in [0.15, 0.2) is 0 Å². The van der Waals surface area contributed by atoms with Crippen molar-refractivity contribution in [2.75, 3.05) is 0 Å². The highest BCUT2D eigenvalue weighted by atomic mass is 127. The summed E-state index contributed by atoms with van der Waals surface area (Å²) in [5.41, 5.74) is 2.64. The van der Waals surface area contributed by atoms with Crippen molar-refractivity contribution in [2.24, 2.45) is 0 Å². The number of aromatic nitrogens is 1. The van der Waals surface area contributed by atoms with Gasteiger partial charge < -0.3 is 4.98 Å². The summed E-state index contributed by atoms with van der Waals surface area (Å²) < 4.78 is 1.30. The Labute approximate surface area is 85.3 Å². The third-order valence-corrected chi connectivity index (χ3v) is 3.00. The zero-order valence-corrected chi connectivity index (χ0v) is 9.05. The van der Waals surface area contributed by atoms with E-state index in [0.717, 1.165) is 6.42 Å². The fourth-order valence-corrected chi connectivity index (χ4v) is 1.98. The molecular formula is C10H10IN. The van der Waals surface area contributed by atoms with Gasteiger partial charge in [-0.15, -0.1) is 0 Å². The SMILES string of the molecule is CCc1ccc2c(I)c[nH]c2c1. The molecular weight excluding hydrogens is 261 g/mol. The highest BCUT2D eigenvalue weighted by molar-refractivity contribution is 14.1. The molecule has 1 heterocycles. The molecule has 0 saturated heterocycles. The second kappa shape index (κ2) is 3.09. The third-order valence-electron chi connectivity index (χ3n) is 2.10. The molecule has 1 nitrogen and oxygen atoms in total. The van der Waals surface area contributed by atoms with Crippen molar-refractivity contribution in [1.82, 2.24) is 4.98 Å². The minimum absolute atomic E-state index is 1.10. The topological polar surface area (TPSA) is 15.8 Å². The summed E-state index contributed by atoms with van der Waals surface area (Å²) in [5, 5.41) is 1.33. The van der Waals surface area contributed by atoms with Crippen LogP contribution < -0.4 is 0 Å². The van der Waals surface area contributed by atoms with Crippen LogP contribution in [0.5, 0.6) is 0 Å². The maximum atomic E-state index is 3.26. The molecule has 1 aromatic heterocycles. The lowest BCUT2D eigenvalue weighted by Crippen LogP contribution is -1.78. The van der Waals surface area contributed by atoms with E-state index in [9.17, 15) is 0 Å². The Balaban J connectivity index is 2.69. The Morgan fingerprint density at radius 3 is 3.00 bits per heavy atom. The van der Waals surface area contributed by atoms with Crippen molar-refractivity contribution >= 4 is 33.5 Å². The second-order valence-electron chi connectivity index (χ2n) is 2.87. The Kier molecular flexibility index (Phi) is 2.09. The van der Waals surface area contributed by atoms with E-state index < -0.39 is 0 Å². The highest BCUT2D eigenvalue weighted by Crippen LogP contribution is 2.20. The van der Waals surface area contributed by atoms with E-state index >= 15 is 0 Å². The molecule has 0 bridgehead atoms. The average molecular weight is 271 g/mol. The van der Waals surface area contributed by atoms with Gasteiger partial charge in [0.25, 0.3) is 0 Å². The van der Waals surface area contributed by atoms with Gasteiger partial charge in [0.1, 0.15) is 0 Å². The molecule has 2 heteroatoms. The zero-order chi connectivity index (χ0) is 8.55. The molecule has 1 N–H and O–H groups in total. The third kappa shape index (κ3) is 1.24. The quantitative estimate of drug-likeness (QED) is 0.766. The number of benzene rings is 1. The maximum Gasteiger partial charge on any atom is 0.0467 e. The van der Waals surface area contributed by atoms with Crippen molar-refractivity contribution in [3.05, 3.63) is 33.5 Å². The van der Waals surface area contributed by atoms with Gasteiger partial charge in [-0.25, -0.2) is 0 Å². The molecule has 12 heavy (non-hydrogen) atoms. The lowest BCUT2D eigenvalue weighted by Gasteiger charge is -1.95. The fraction of sp³-hybridized carbons (Fsp3) is 0.200. The van der Waals surface area contributed by atoms with Crippen molar-refractivity contribution < 1.29 is 0 Å². The number of hydrogen-bond acceptors (Lipinski definition) is 0. The van der Waals surface area contributed by atoms with Gasteiger partial charge in [-0.2, -0.15) is 0 Å². The van der Waals surface area contributed by atoms with Crippen LogP contribution in [0.3, 0.4) is 0 Å². The van der Waals surface area contributed by atoms with Gasteiger partial charge in [0.05, 0.1) is 0 Å². The normalized spacial score (nSPS) is 10.8. The predicted octanol–water partition coefficient (Wildman–Crippen LogP) is 3.33. The summed E-state index contributed by atoms with van der Waals surface area (Å²) >= 11 is 2.35. The average Bonchev–Trinajstić information content (AvgIpc) is 2.47. The Hall–Kier alpha value is -0.510. The number of nitrogens with one attached hydrogen (secondary N) is 1. The minimum Gasteiger partial charge on any atom is -0.360 e. The molecule has 0 radical (unpaired) electrons. The molecule has 62 valence electrons. The predicted molar refractivity (Wildman–Crippen MR) is 60.4 cm³/mol. The first-order valence-corrected chi connectivity index (χ1v) is 5.14. The van der Waals surface area contributed by atoms with Crippen LogP contribution in [-0.4, -0.2) is 4.98 Å². The monoisotopic (exact) mass is 271 g/mol. The summed E-state index contributed by atoms with van der Waals surface area (Å²) in [7, 11) is 0. The molecule has 0 spiro atoms. The lowest BCUT2D eigenvalue weighted by atomic mass is 10.1. The second-order valence-corrected chi connectivity index (χ2v) is 4.03. The van der Waals surface area contributed by atoms with Gasteiger partial charge in [-0.1, -0.05) is 19.1 Å². The molecule has 0 fully saturated rings. The van der Waals surface area contributed by atoms with Gasteiger partial charge in [0.2, 0.25) is 0 Å². The fourth-order valence-electron chi connectivity index (χ4n) is 1.36. The van der Waals surface area contributed by atoms with E-state index in [-0.39, 0.29) is 0 Å². The van der Waals surface area contributed by atoms with E-state index in [2.05, 4.69) is 52.7 Å². The smallest absolute Gasteiger partial charge is 0.0467 e. The standard InChI is InChI=1S/C10H10IN/c1-2-7-3-4-8-9(11)6-12-10(8)5-7/h3-6,12H,2H2,1H3.